The molecule has 0 bridgehead atoms. The van der Waals surface area contributed by atoms with Crippen LogP contribution in [0.15, 0.2) is 30.3 Å². The van der Waals surface area contributed by atoms with Gasteiger partial charge in [-0.05, 0) is 12.5 Å². The van der Waals surface area contributed by atoms with Gasteiger partial charge < -0.3 is 5.32 Å². The maximum atomic E-state index is 12.2. The average Bonchev–Trinajstić information content (AvgIpc) is 2.75. The van der Waals surface area contributed by atoms with Crippen molar-refractivity contribution in [1.82, 2.24) is 5.32 Å². The quantitative estimate of drug-likeness (QED) is 0.752. The summed E-state index contributed by atoms with van der Waals surface area (Å²) in [7, 11) is 0. The van der Waals surface area contributed by atoms with Crippen molar-refractivity contribution in [2.45, 2.75) is 31.1 Å². The van der Waals surface area contributed by atoms with E-state index in [2.05, 4.69) is 5.32 Å². The Hall–Kier alpha value is -1.03. The molecule has 2 atom stereocenters. The molecule has 0 radical (unpaired) electrons. The minimum absolute atomic E-state index is 0.166. The largest absolute Gasteiger partial charge is 0.390 e. The maximum absolute atomic E-state index is 12.2. The maximum Gasteiger partial charge on any atom is 0.390 e. The van der Waals surface area contributed by atoms with Gasteiger partial charge in [0.2, 0.25) is 0 Å². The molecular weight excluding hydrogens is 203 g/mol. The number of benzene rings is 1. The molecule has 1 aliphatic rings. The number of rotatable bonds is 2. The Kier molecular flexibility index (Phi) is 2.26. The molecule has 1 aliphatic heterocycles. The van der Waals surface area contributed by atoms with Gasteiger partial charge in [0, 0.05) is 5.54 Å². The third kappa shape index (κ3) is 2.31. The van der Waals surface area contributed by atoms with Gasteiger partial charge in [-0.3, -0.25) is 0 Å². The van der Waals surface area contributed by atoms with E-state index < -0.39 is 18.1 Å². The molecular formula is C11H12F3N. The van der Waals surface area contributed by atoms with Crippen LogP contribution in [0.5, 0.6) is 0 Å². The molecule has 1 aromatic rings. The molecule has 82 valence electrons. The van der Waals surface area contributed by atoms with Crippen molar-refractivity contribution < 1.29 is 13.2 Å². The molecule has 1 saturated heterocycles. The highest BCUT2D eigenvalue weighted by Crippen LogP contribution is 2.46. The molecule has 0 unspecified atom stereocenters. The van der Waals surface area contributed by atoms with E-state index >= 15 is 0 Å². The van der Waals surface area contributed by atoms with Crippen LogP contribution in [0.3, 0.4) is 0 Å². The monoisotopic (exact) mass is 215 g/mol. The summed E-state index contributed by atoms with van der Waals surface area (Å²) in [5, 5.41) is 2.90. The van der Waals surface area contributed by atoms with Crippen molar-refractivity contribution in [2.75, 3.05) is 0 Å². The Morgan fingerprint density at radius 1 is 1.27 bits per heavy atom. The fraction of sp³-hybridized carbons (Fsp3) is 0.455. The van der Waals surface area contributed by atoms with Gasteiger partial charge in [0.15, 0.2) is 0 Å². The van der Waals surface area contributed by atoms with Crippen LogP contribution in [-0.2, 0) is 0 Å². The molecule has 4 heteroatoms. The van der Waals surface area contributed by atoms with Crippen LogP contribution in [-0.4, -0.2) is 11.7 Å². The van der Waals surface area contributed by atoms with Crippen molar-refractivity contribution in [3.63, 3.8) is 0 Å². The third-order valence-electron chi connectivity index (χ3n) is 2.73. The molecule has 1 aromatic carbocycles. The van der Waals surface area contributed by atoms with E-state index in [1.807, 2.05) is 30.3 Å². The van der Waals surface area contributed by atoms with Gasteiger partial charge in [-0.1, -0.05) is 30.3 Å². The van der Waals surface area contributed by atoms with E-state index in [4.69, 9.17) is 0 Å². The van der Waals surface area contributed by atoms with Crippen molar-refractivity contribution in [3.8, 4) is 0 Å². The van der Waals surface area contributed by atoms with E-state index in [1.54, 1.807) is 6.92 Å². The lowest BCUT2D eigenvalue weighted by molar-refractivity contribution is -0.140. The van der Waals surface area contributed by atoms with E-state index in [0.717, 1.165) is 5.56 Å². The summed E-state index contributed by atoms with van der Waals surface area (Å²) in [6, 6.07) is 9.05. The SMILES string of the molecule is C[C@@]1(CC(F)(F)F)N[C@@H]1c1ccccc1. The lowest BCUT2D eigenvalue weighted by atomic mass is 9.98. The van der Waals surface area contributed by atoms with Crippen molar-refractivity contribution >= 4 is 0 Å². The zero-order valence-electron chi connectivity index (χ0n) is 8.31. The van der Waals surface area contributed by atoms with Crippen LogP contribution < -0.4 is 5.32 Å². The number of hydrogen-bond donors (Lipinski definition) is 1. The zero-order valence-corrected chi connectivity index (χ0v) is 8.31. The van der Waals surface area contributed by atoms with Crippen LogP contribution >= 0.6 is 0 Å². The molecule has 0 aromatic heterocycles. The Bertz CT molecular complexity index is 347. The zero-order chi connectivity index (χ0) is 11.1. The number of nitrogens with one attached hydrogen (secondary N) is 1. The normalized spacial score (nSPS) is 30.3. The van der Waals surface area contributed by atoms with Gasteiger partial charge in [-0.2, -0.15) is 13.2 Å². The molecule has 0 amide bonds. The minimum Gasteiger partial charge on any atom is -0.301 e. The molecule has 15 heavy (non-hydrogen) atoms. The molecule has 1 heterocycles. The minimum atomic E-state index is -4.11. The molecule has 0 saturated carbocycles. The lowest BCUT2D eigenvalue weighted by Crippen LogP contribution is -2.22. The molecule has 2 rings (SSSR count). The lowest BCUT2D eigenvalue weighted by Gasteiger charge is -2.11. The highest BCUT2D eigenvalue weighted by Gasteiger charge is 2.55. The molecule has 1 nitrogen and oxygen atoms in total. The Balaban J connectivity index is 2.06. The number of alkyl halides is 3. The summed E-state index contributed by atoms with van der Waals surface area (Å²) in [4.78, 5) is 0. The topological polar surface area (TPSA) is 21.9 Å². The van der Waals surface area contributed by atoms with E-state index in [1.165, 1.54) is 0 Å². The molecule has 1 N–H and O–H groups in total. The highest BCUT2D eigenvalue weighted by molar-refractivity contribution is 5.30. The van der Waals surface area contributed by atoms with Crippen LogP contribution in [0.2, 0.25) is 0 Å². The van der Waals surface area contributed by atoms with Crippen molar-refractivity contribution in [3.05, 3.63) is 35.9 Å². The van der Waals surface area contributed by atoms with Crippen LogP contribution in [0.1, 0.15) is 24.9 Å². The summed E-state index contributed by atoms with van der Waals surface area (Å²) in [5.41, 5.74) is 0.101. The molecule has 1 fully saturated rings. The van der Waals surface area contributed by atoms with E-state index in [0.29, 0.717) is 0 Å². The van der Waals surface area contributed by atoms with Gasteiger partial charge in [-0.15, -0.1) is 0 Å². The predicted molar refractivity (Wildman–Crippen MR) is 51.4 cm³/mol. The first-order valence-corrected chi connectivity index (χ1v) is 4.80. The number of hydrogen-bond acceptors (Lipinski definition) is 1. The third-order valence-corrected chi connectivity index (χ3v) is 2.73. The van der Waals surface area contributed by atoms with Gasteiger partial charge in [0.25, 0.3) is 0 Å². The summed E-state index contributed by atoms with van der Waals surface area (Å²) in [6.45, 7) is 1.61. The molecule has 0 spiro atoms. The second kappa shape index (κ2) is 3.23. The fourth-order valence-corrected chi connectivity index (χ4v) is 1.95. The number of halogens is 3. The van der Waals surface area contributed by atoms with Gasteiger partial charge in [-0.25, -0.2) is 0 Å². The van der Waals surface area contributed by atoms with Crippen LogP contribution in [0, 0.1) is 0 Å². The Labute approximate surface area is 86.3 Å². The predicted octanol–water partition coefficient (Wildman–Crippen LogP) is 3.04. The van der Waals surface area contributed by atoms with E-state index in [9.17, 15) is 13.2 Å². The molecule has 0 aliphatic carbocycles. The fourth-order valence-electron chi connectivity index (χ4n) is 1.95. The Morgan fingerprint density at radius 3 is 2.40 bits per heavy atom. The Morgan fingerprint density at radius 2 is 1.87 bits per heavy atom. The standard InChI is InChI=1S/C11H12F3N/c1-10(7-11(12,13)14)9(15-10)8-5-3-2-4-6-8/h2-6,9,15H,7H2,1H3/t9-,10+/m1/s1. The second-order valence-corrected chi connectivity index (χ2v) is 4.20. The van der Waals surface area contributed by atoms with Gasteiger partial charge in [0.1, 0.15) is 0 Å². The van der Waals surface area contributed by atoms with E-state index in [-0.39, 0.29) is 6.04 Å². The summed E-state index contributed by atoms with van der Waals surface area (Å²) in [6.07, 6.45) is -4.88. The van der Waals surface area contributed by atoms with Gasteiger partial charge >= 0.3 is 6.18 Å². The van der Waals surface area contributed by atoms with Crippen LogP contribution in [0.25, 0.3) is 0 Å². The van der Waals surface area contributed by atoms with Gasteiger partial charge in [0.05, 0.1) is 12.5 Å². The summed E-state index contributed by atoms with van der Waals surface area (Å²) in [5.74, 6) is 0. The smallest absolute Gasteiger partial charge is 0.301 e. The summed E-state index contributed by atoms with van der Waals surface area (Å²) >= 11 is 0. The highest BCUT2D eigenvalue weighted by atomic mass is 19.4. The first kappa shape index (κ1) is 10.5. The first-order chi connectivity index (χ1) is 6.91. The average molecular weight is 215 g/mol. The summed E-state index contributed by atoms with van der Waals surface area (Å²) < 4.78 is 36.7. The second-order valence-electron chi connectivity index (χ2n) is 4.20. The first-order valence-electron chi connectivity index (χ1n) is 4.80. The van der Waals surface area contributed by atoms with Crippen LogP contribution in [0.4, 0.5) is 13.2 Å². The van der Waals surface area contributed by atoms with Crippen molar-refractivity contribution in [2.24, 2.45) is 0 Å². The van der Waals surface area contributed by atoms with Crippen molar-refractivity contribution in [1.29, 1.82) is 0 Å².